The predicted octanol–water partition coefficient (Wildman–Crippen LogP) is 2.13. The molecule has 2 rings (SSSR count). The highest BCUT2D eigenvalue weighted by Gasteiger charge is 2.26. The van der Waals surface area contributed by atoms with Crippen molar-refractivity contribution in [3.05, 3.63) is 23.8 Å². The Kier molecular flexibility index (Phi) is 4.84. The summed E-state index contributed by atoms with van der Waals surface area (Å²) in [6.45, 7) is 0.620. The zero-order valence-electron chi connectivity index (χ0n) is 11.6. The minimum Gasteiger partial charge on any atom is -0.504 e. The maximum Gasteiger partial charge on any atom is 0.306 e. The van der Waals surface area contributed by atoms with Crippen LogP contribution >= 0.6 is 0 Å². The largest absolute Gasteiger partial charge is 0.504 e. The van der Waals surface area contributed by atoms with Crippen molar-refractivity contribution < 1.29 is 19.7 Å². The zero-order chi connectivity index (χ0) is 14.5. The molecule has 3 N–H and O–H groups in total. The second-order valence-corrected chi connectivity index (χ2v) is 5.29. The number of phenolic OH excluding ortho intramolecular Hbond substituents is 1. The number of aliphatic carboxylic acids is 1. The Morgan fingerprint density at radius 2 is 2.25 bits per heavy atom. The fraction of sp³-hybridized carbons (Fsp3) is 0.533. The minimum absolute atomic E-state index is 0.124. The number of carbonyl (C=O) groups is 1. The van der Waals surface area contributed by atoms with Gasteiger partial charge in [-0.25, -0.2) is 0 Å². The molecule has 5 nitrogen and oxygen atoms in total. The van der Waals surface area contributed by atoms with Crippen molar-refractivity contribution in [2.24, 2.45) is 5.92 Å². The van der Waals surface area contributed by atoms with E-state index < -0.39 is 5.97 Å². The van der Waals surface area contributed by atoms with Crippen molar-refractivity contribution in [1.29, 1.82) is 0 Å². The van der Waals surface area contributed by atoms with Gasteiger partial charge in [0.2, 0.25) is 0 Å². The van der Waals surface area contributed by atoms with Crippen molar-refractivity contribution in [1.82, 2.24) is 5.32 Å². The van der Waals surface area contributed by atoms with Crippen molar-refractivity contribution in [3.63, 3.8) is 0 Å². The number of carboxylic acid groups (broad SMARTS) is 1. The lowest BCUT2D eigenvalue weighted by molar-refractivity contribution is -0.143. The van der Waals surface area contributed by atoms with Crippen LogP contribution in [0, 0.1) is 5.92 Å². The second-order valence-electron chi connectivity index (χ2n) is 5.29. The van der Waals surface area contributed by atoms with Gasteiger partial charge in [-0.05, 0) is 37.0 Å². The first-order valence-electron chi connectivity index (χ1n) is 6.92. The lowest BCUT2D eigenvalue weighted by atomic mass is 9.86. The van der Waals surface area contributed by atoms with Gasteiger partial charge in [0.1, 0.15) is 0 Å². The number of aromatic hydroxyl groups is 1. The van der Waals surface area contributed by atoms with Crippen LogP contribution < -0.4 is 10.1 Å². The minimum atomic E-state index is -0.696. The molecule has 1 aromatic carbocycles. The van der Waals surface area contributed by atoms with Crippen LogP contribution in [0.5, 0.6) is 11.5 Å². The highest BCUT2D eigenvalue weighted by molar-refractivity contribution is 5.70. The Hall–Kier alpha value is -1.75. The molecule has 0 spiro atoms. The van der Waals surface area contributed by atoms with Crippen LogP contribution in [0.25, 0.3) is 0 Å². The Morgan fingerprint density at radius 3 is 2.90 bits per heavy atom. The molecule has 2 atom stereocenters. The Labute approximate surface area is 118 Å². The summed E-state index contributed by atoms with van der Waals surface area (Å²) in [4.78, 5) is 11.0. The summed E-state index contributed by atoms with van der Waals surface area (Å²) < 4.78 is 5.00. The summed E-state index contributed by atoms with van der Waals surface area (Å²) in [5.41, 5.74) is 0.959. The highest BCUT2D eigenvalue weighted by Crippen LogP contribution is 2.27. The molecule has 1 aliphatic carbocycles. The monoisotopic (exact) mass is 279 g/mol. The van der Waals surface area contributed by atoms with Gasteiger partial charge in [0, 0.05) is 12.6 Å². The number of hydrogen-bond donors (Lipinski definition) is 3. The van der Waals surface area contributed by atoms with E-state index in [1.165, 1.54) is 7.11 Å². The average molecular weight is 279 g/mol. The Morgan fingerprint density at radius 1 is 1.45 bits per heavy atom. The molecule has 20 heavy (non-hydrogen) atoms. The summed E-state index contributed by atoms with van der Waals surface area (Å²) in [6, 6.07) is 5.52. The molecule has 0 radical (unpaired) electrons. The van der Waals surface area contributed by atoms with E-state index >= 15 is 0 Å². The fourth-order valence-corrected chi connectivity index (χ4v) is 2.71. The molecule has 0 bridgehead atoms. The average Bonchev–Trinajstić information content (AvgIpc) is 2.45. The van der Waals surface area contributed by atoms with Gasteiger partial charge in [-0.2, -0.15) is 0 Å². The van der Waals surface area contributed by atoms with E-state index in [0.29, 0.717) is 18.7 Å². The normalized spacial score (nSPS) is 22.4. The molecule has 1 fully saturated rings. The van der Waals surface area contributed by atoms with Crippen LogP contribution in [0.15, 0.2) is 18.2 Å². The number of rotatable bonds is 5. The van der Waals surface area contributed by atoms with Crippen LogP contribution in [-0.4, -0.2) is 29.3 Å². The molecular weight excluding hydrogens is 258 g/mol. The third kappa shape index (κ3) is 3.63. The topological polar surface area (TPSA) is 78.8 Å². The third-order valence-electron chi connectivity index (χ3n) is 3.86. The van der Waals surface area contributed by atoms with Crippen LogP contribution in [0.3, 0.4) is 0 Å². The smallest absolute Gasteiger partial charge is 0.306 e. The van der Waals surface area contributed by atoms with Gasteiger partial charge in [0.25, 0.3) is 0 Å². The Balaban J connectivity index is 1.88. The number of methoxy groups -OCH3 is 1. The molecule has 0 aliphatic heterocycles. The summed E-state index contributed by atoms with van der Waals surface area (Å²) in [5.74, 6) is -0.347. The summed E-state index contributed by atoms with van der Waals surface area (Å²) in [5, 5.41) is 22.1. The van der Waals surface area contributed by atoms with Crippen LogP contribution in [0.4, 0.5) is 0 Å². The van der Waals surface area contributed by atoms with Gasteiger partial charge in [0.05, 0.1) is 13.0 Å². The lowest BCUT2D eigenvalue weighted by Crippen LogP contribution is -2.36. The van der Waals surface area contributed by atoms with E-state index in [4.69, 9.17) is 9.84 Å². The molecule has 1 saturated carbocycles. The molecule has 0 saturated heterocycles. The van der Waals surface area contributed by atoms with E-state index in [2.05, 4.69) is 5.32 Å². The van der Waals surface area contributed by atoms with E-state index in [1.807, 2.05) is 6.07 Å². The van der Waals surface area contributed by atoms with Crippen LogP contribution in [0.2, 0.25) is 0 Å². The predicted molar refractivity (Wildman–Crippen MR) is 74.9 cm³/mol. The van der Waals surface area contributed by atoms with Gasteiger partial charge in [-0.15, -0.1) is 0 Å². The standard InChI is InChI=1S/C15H21NO4/c1-20-14-6-5-10(7-13(14)17)9-16-12-4-2-3-11(8-12)15(18)19/h5-7,11-12,16-17H,2-4,8-9H2,1H3,(H,18,19). The van der Waals surface area contributed by atoms with Crippen LogP contribution in [-0.2, 0) is 11.3 Å². The molecule has 1 aliphatic rings. The summed E-state index contributed by atoms with van der Waals surface area (Å²) >= 11 is 0. The van der Waals surface area contributed by atoms with E-state index in [0.717, 1.165) is 24.8 Å². The van der Waals surface area contributed by atoms with Gasteiger partial charge in [0.15, 0.2) is 11.5 Å². The molecule has 0 amide bonds. The van der Waals surface area contributed by atoms with Gasteiger partial charge < -0.3 is 20.3 Å². The van der Waals surface area contributed by atoms with E-state index in [1.54, 1.807) is 12.1 Å². The SMILES string of the molecule is COc1ccc(CNC2CCCC(C(=O)O)C2)cc1O. The second kappa shape index (κ2) is 6.61. The van der Waals surface area contributed by atoms with Crippen molar-refractivity contribution >= 4 is 5.97 Å². The maximum atomic E-state index is 11.0. The number of hydrogen-bond acceptors (Lipinski definition) is 4. The first-order chi connectivity index (χ1) is 9.60. The number of carboxylic acids is 1. The van der Waals surface area contributed by atoms with E-state index in [-0.39, 0.29) is 17.7 Å². The summed E-state index contributed by atoms with van der Waals surface area (Å²) in [6.07, 6.45) is 3.41. The third-order valence-corrected chi connectivity index (χ3v) is 3.86. The first kappa shape index (κ1) is 14.7. The highest BCUT2D eigenvalue weighted by atomic mass is 16.5. The molecule has 0 heterocycles. The van der Waals surface area contributed by atoms with Gasteiger partial charge in [-0.1, -0.05) is 12.5 Å². The number of benzene rings is 1. The van der Waals surface area contributed by atoms with Gasteiger partial charge >= 0.3 is 5.97 Å². The molecule has 5 heteroatoms. The first-order valence-corrected chi connectivity index (χ1v) is 6.92. The molecule has 2 unspecified atom stereocenters. The number of nitrogens with one attached hydrogen (secondary N) is 1. The number of ether oxygens (including phenoxy) is 1. The molecule has 110 valence electrons. The van der Waals surface area contributed by atoms with Crippen molar-refractivity contribution in [3.8, 4) is 11.5 Å². The molecule has 0 aromatic heterocycles. The number of phenols is 1. The lowest BCUT2D eigenvalue weighted by Gasteiger charge is -2.27. The maximum absolute atomic E-state index is 11.0. The van der Waals surface area contributed by atoms with Gasteiger partial charge in [-0.3, -0.25) is 4.79 Å². The van der Waals surface area contributed by atoms with Crippen molar-refractivity contribution in [2.75, 3.05) is 7.11 Å². The quantitative estimate of drug-likeness (QED) is 0.769. The zero-order valence-corrected chi connectivity index (χ0v) is 11.6. The summed E-state index contributed by atoms with van der Waals surface area (Å²) in [7, 11) is 1.51. The molecule has 1 aromatic rings. The van der Waals surface area contributed by atoms with E-state index in [9.17, 15) is 9.90 Å². The molecular formula is C15H21NO4. The Bertz CT molecular complexity index is 475. The van der Waals surface area contributed by atoms with Crippen LogP contribution in [0.1, 0.15) is 31.2 Å². The van der Waals surface area contributed by atoms with Crippen molar-refractivity contribution in [2.45, 2.75) is 38.3 Å². The fourth-order valence-electron chi connectivity index (χ4n) is 2.71.